The fraction of sp³-hybridized carbons (Fsp3) is 0.459. The normalized spacial score (nSPS) is 17.0. The van der Waals surface area contributed by atoms with Crippen molar-refractivity contribution in [1.29, 1.82) is 0 Å². The number of rotatable bonds is 15. The van der Waals surface area contributed by atoms with E-state index in [1.54, 1.807) is 6.07 Å². The summed E-state index contributed by atoms with van der Waals surface area (Å²) in [6.45, 7) is 7.07. The number of fused-ring (bicyclic) bond motifs is 1. The van der Waals surface area contributed by atoms with Gasteiger partial charge in [-0.1, -0.05) is 61.4 Å². The lowest BCUT2D eigenvalue weighted by Gasteiger charge is -2.32. The van der Waals surface area contributed by atoms with Gasteiger partial charge in [0.05, 0.1) is 25.8 Å². The summed E-state index contributed by atoms with van der Waals surface area (Å²) in [5.41, 5.74) is 5.69. The molecule has 240 valence electrons. The predicted molar refractivity (Wildman–Crippen MR) is 172 cm³/mol. The molecular formula is C37H45NO7. The second-order valence-electron chi connectivity index (χ2n) is 12.2. The molecule has 0 unspecified atom stereocenters. The number of unbranched alkanes of at least 4 members (excludes halogenated alkanes) is 4. The number of ether oxygens (including phenoxy) is 5. The molecule has 2 aliphatic heterocycles. The maximum absolute atomic E-state index is 12.5. The molecule has 1 fully saturated rings. The summed E-state index contributed by atoms with van der Waals surface area (Å²) in [5, 5.41) is 0. The first-order chi connectivity index (χ1) is 21.8. The smallest absolute Gasteiger partial charge is 0.410 e. The highest BCUT2D eigenvalue weighted by Gasteiger charge is 2.33. The number of benzene rings is 3. The van der Waals surface area contributed by atoms with Crippen LogP contribution in [0.2, 0.25) is 0 Å². The summed E-state index contributed by atoms with van der Waals surface area (Å²) in [6.07, 6.45) is 6.60. The van der Waals surface area contributed by atoms with Crippen molar-refractivity contribution < 1.29 is 33.3 Å². The Bertz CT molecular complexity index is 1450. The number of carbonyl (C=O) groups is 2. The highest BCUT2D eigenvalue weighted by atomic mass is 16.7. The van der Waals surface area contributed by atoms with E-state index in [4.69, 9.17) is 23.7 Å². The lowest BCUT2D eigenvalue weighted by molar-refractivity contribution is -0.180. The van der Waals surface area contributed by atoms with E-state index in [1.807, 2.05) is 67.3 Å². The van der Waals surface area contributed by atoms with Crippen LogP contribution in [0.1, 0.15) is 85.5 Å². The van der Waals surface area contributed by atoms with Gasteiger partial charge in [0.25, 0.3) is 0 Å². The number of nitrogens with zero attached hydrogens (tertiary/aromatic N) is 1. The van der Waals surface area contributed by atoms with Crippen molar-refractivity contribution in [2.24, 2.45) is 0 Å². The Balaban J connectivity index is 0.924. The van der Waals surface area contributed by atoms with Crippen molar-refractivity contribution in [1.82, 2.24) is 4.90 Å². The zero-order valence-electron chi connectivity index (χ0n) is 26.7. The molecule has 8 nitrogen and oxygen atoms in total. The Hall–Kier alpha value is -3.88. The largest absolute Gasteiger partial charge is 0.465 e. The zero-order valence-corrected chi connectivity index (χ0v) is 26.7. The third-order valence-electron chi connectivity index (χ3n) is 8.32. The molecule has 0 bridgehead atoms. The molecule has 45 heavy (non-hydrogen) atoms. The summed E-state index contributed by atoms with van der Waals surface area (Å²) in [6, 6.07) is 21.9. The SMILES string of the molecule is COC(=O)c1ccccc1-c1cccc(CCCCOCCCCCCN2C[C@@H](c3ccc4c(c3)COC(C)(C)O4)OC2=O)c1. The number of methoxy groups -OCH3 is 1. The lowest BCUT2D eigenvalue weighted by Crippen LogP contribution is -2.35. The Morgan fingerprint density at radius 1 is 0.933 bits per heavy atom. The minimum Gasteiger partial charge on any atom is -0.465 e. The minimum absolute atomic E-state index is 0.243. The predicted octanol–water partition coefficient (Wildman–Crippen LogP) is 7.88. The Morgan fingerprint density at radius 2 is 1.73 bits per heavy atom. The van der Waals surface area contributed by atoms with Gasteiger partial charge in [0.15, 0.2) is 0 Å². The summed E-state index contributed by atoms with van der Waals surface area (Å²) in [4.78, 5) is 26.4. The number of esters is 1. The van der Waals surface area contributed by atoms with Crippen LogP contribution in [0.4, 0.5) is 4.79 Å². The summed E-state index contributed by atoms with van der Waals surface area (Å²) in [5.74, 6) is -0.130. The molecule has 0 N–H and O–H groups in total. The van der Waals surface area contributed by atoms with Crippen LogP contribution in [0, 0.1) is 0 Å². The molecule has 0 radical (unpaired) electrons. The van der Waals surface area contributed by atoms with Gasteiger partial charge >= 0.3 is 12.1 Å². The average Bonchev–Trinajstić information content (AvgIpc) is 3.42. The highest BCUT2D eigenvalue weighted by Crippen LogP contribution is 2.35. The van der Waals surface area contributed by atoms with Crippen LogP contribution in [0.3, 0.4) is 0 Å². The second kappa shape index (κ2) is 15.4. The molecular weight excluding hydrogens is 570 g/mol. The summed E-state index contributed by atoms with van der Waals surface area (Å²) in [7, 11) is 1.41. The number of hydrogen-bond acceptors (Lipinski definition) is 7. The van der Waals surface area contributed by atoms with Crippen LogP contribution in [-0.2, 0) is 32.0 Å². The van der Waals surface area contributed by atoms with Gasteiger partial charge in [-0.3, -0.25) is 0 Å². The molecule has 0 aliphatic carbocycles. The third kappa shape index (κ3) is 8.86. The maximum Gasteiger partial charge on any atom is 0.410 e. The Morgan fingerprint density at radius 3 is 2.58 bits per heavy atom. The first-order valence-electron chi connectivity index (χ1n) is 16.1. The first-order valence-corrected chi connectivity index (χ1v) is 16.1. The molecule has 8 heteroatoms. The van der Waals surface area contributed by atoms with Gasteiger partial charge in [0.2, 0.25) is 5.79 Å². The second-order valence-corrected chi connectivity index (χ2v) is 12.2. The fourth-order valence-corrected chi connectivity index (χ4v) is 5.83. The summed E-state index contributed by atoms with van der Waals surface area (Å²) < 4.78 is 28.1. The van der Waals surface area contributed by atoms with Crippen LogP contribution in [0.25, 0.3) is 11.1 Å². The first kappa shape index (κ1) is 32.5. The van der Waals surface area contributed by atoms with E-state index in [9.17, 15) is 9.59 Å². The van der Waals surface area contributed by atoms with Gasteiger partial charge in [-0.2, -0.15) is 0 Å². The Labute approximate surface area is 266 Å². The molecule has 3 aromatic carbocycles. The molecule has 2 aliphatic rings. The van der Waals surface area contributed by atoms with Crippen molar-refractivity contribution >= 4 is 12.1 Å². The van der Waals surface area contributed by atoms with E-state index in [2.05, 4.69) is 12.1 Å². The van der Waals surface area contributed by atoms with Gasteiger partial charge in [-0.25, -0.2) is 9.59 Å². The van der Waals surface area contributed by atoms with Crippen LogP contribution in [0.15, 0.2) is 66.7 Å². The van der Waals surface area contributed by atoms with Crippen molar-refractivity contribution in [2.75, 3.05) is 33.4 Å². The van der Waals surface area contributed by atoms with Gasteiger partial charge in [0.1, 0.15) is 11.9 Å². The monoisotopic (exact) mass is 615 g/mol. The average molecular weight is 616 g/mol. The Kier molecular flexibility index (Phi) is 11.1. The third-order valence-corrected chi connectivity index (χ3v) is 8.32. The minimum atomic E-state index is -0.629. The molecule has 0 spiro atoms. The van der Waals surface area contributed by atoms with Crippen molar-refractivity contribution in [3.05, 3.63) is 89.0 Å². The molecule has 0 aromatic heterocycles. The van der Waals surface area contributed by atoms with E-state index >= 15 is 0 Å². The number of aryl methyl sites for hydroxylation is 1. The van der Waals surface area contributed by atoms with E-state index in [1.165, 1.54) is 12.7 Å². The van der Waals surface area contributed by atoms with Crippen LogP contribution < -0.4 is 4.74 Å². The zero-order chi connectivity index (χ0) is 31.6. The van der Waals surface area contributed by atoms with Gasteiger partial charge < -0.3 is 28.6 Å². The van der Waals surface area contributed by atoms with E-state index < -0.39 is 5.79 Å². The van der Waals surface area contributed by atoms with E-state index in [0.717, 1.165) is 86.2 Å². The standard InChI is InChI=1S/C37H45NO7/c1-37(2)43-26-30-24-29(18-19-33(30)45-37)34-25-38(36(40)44-34)20-9-4-5-10-21-42-22-11-8-13-27-14-12-15-28(23-27)31-16-6-7-17-32(31)35(39)41-3/h6-7,12,14-19,23-24,34H,4-5,8-11,13,20-22,25-26H2,1-3H3/t34-/m0/s1. The van der Waals surface area contributed by atoms with Gasteiger partial charge in [-0.05, 0) is 72.6 Å². The van der Waals surface area contributed by atoms with Crippen molar-refractivity contribution in [3.63, 3.8) is 0 Å². The molecule has 3 aromatic rings. The lowest BCUT2D eigenvalue weighted by atomic mass is 9.97. The van der Waals surface area contributed by atoms with Crippen LogP contribution >= 0.6 is 0 Å². The molecule has 1 amide bonds. The molecule has 0 saturated carbocycles. The van der Waals surface area contributed by atoms with Crippen molar-refractivity contribution in [3.8, 4) is 16.9 Å². The van der Waals surface area contributed by atoms with Gasteiger partial charge in [0, 0.05) is 39.2 Å². The van der Waals surface area contributed by atoms with Crippen LogP contribution in [-0.4, -0.2) is 56.2 Å². The number of cyclic esters (lactones) is 1. The summed E-state index contributed by atoms with van der Waals surface area (Å²) >= 11 is 0. The number of amides is 1. The molecule has 1 atom stereocenters. The molecule has 2 heterocycles. The fourth-order valence-electron chi connectivity index (χ4n) is 5.83. The van der Waals surface area contributed by atoms with Crippen molar-refractivity contribution in [2.45, 2.75) is 77.3 Å². The van der Waals surface area contributed by atoms with Crippen LogP contribution in [0.5, 0.6) is 5.75 Å². The number of carbonyl (C=O) groups excluding carboxylic acids is 2. The quantitative estimate of drug-likeness (QED) is 0.127. The van der Waals surface area contributed by atoms with E-state index in [0.29, 0.717) is 25.3 Å². The van der Waals surface area contributed by atoms with Gasteiger partial charge in [-0.15, -0.1) is 0 Å². The molecule has 1 saturated heterocycles. The van der Waals surface area contributed by atoms with E-state index in [-0.39, 0.29) is 18.2 Å². The highest BCUT2D eigenvalue weighted by molar-refractivity contribution is 5.97. The topological polar surface area (TPSA) is 83.5 Å². The maximum atomic E-state index is 12.5. The molecule has 5 rings (SSSR count). The number of hydrogen-bond donors (Lipinski definition) is 0.